The van der Waals surface area contributed by atoms with Crippen molar-refractivity contribution in [2.24, 2.45) is 0 Å². The number of hydrogen-bond acceptors (Lipinski definition) is 10. The quantitative estimate of drug-likeness (QED) is 0.325. The first-order valence-corrected chi connectivity index (χ1v) is 12.9. The van der Waals surface area contributed by atoms with Gasteiger partial charge in [0, 0.05) is 5.39 Å². The molecule has 0 aliphatic heterocycles. The van der Waals surface area contributed by atoms with Crippen LogP contribution in [0.3, 0.4) is 0 Å². The summed E-state index contributed by atoms with van der Waals surface area (Å²) in [6.45, 7) is 0.861. The largest absolute Gasteiger partial charge is 0.506 e. The monoisotopic (exact) mass is 492 g/mol. The van der Waals surface area contributed by atoms with Gasteiger partial charge >= 0.3 is 0 Å². The average Bonchev–Trinajstić information content (AvgIpc) is 2.50. The van der Waals surface area contributed by atoms with Crippen molar-refractivity contribution >= 4 is 51.0 Å². The predicted octanol–water partition coefficient (Wildman–Crippen LogP) is -0.683. The SMILES string of the molecule is Cc1c(S(=O)(=O)CO)c(S(=O)(=O)O)cc2cc(S(=O)(=O)O)c(S(=O)(=O)O)c(O)c12. The maximum absolute atomic E-state index is 12.1. The molecule has 2 aromatic carbocycles. The predicted molar refractivity (Wildman–Crippen MR) is 94.1 cm³/mol. The van der Waals surface area contributed by atoms with E-state index in [-0.39, 0.29) is 0 Å². The fourth-order valence-electron chi connectivity index (χ4n) is 2.74. The van der Waals surface area contributed by atoms with Crippen molar-refractivity contribution in [2.45, 2.75) is 26.5 Å². The van der Waals surface area contributed by atoms with Gasteiger partial charge in [-0.25, -0.2) is 8.42 Å². The van der Waals surface area contributed by atoms with Gasteiger partial charge in [-0.1, -0.05) is 0 Å². The summed E-state index contributed by atoms with van der Waals surface area (Å²) in [5.41, 5.74) is -0.700. The number of fused-ring (bicyclic) bond motifs is 1. The number of aromatic hydroxyl groups is 1. The zero-order valence-corrected chi connectivity index (χ0v) is 17.3. The van der Waals surface area contributed by atoms with Crippen LogP contribution in [0.2, 0.25) is 0 Å². The van der Waals surface area contributed by atoms with Crippen molar-refractivity contribution < 1.29 is 57.5 Å². The van der Waals surface area contributed by atoms with Gasteiger partial charge in [0.25, 0.3) is 30.4 Å². The number of rotatable bonds is 5. The molecule has 0 aliphatic carbocycles. The van der Waals surface area contributed by atoms with E-state index in [2.05, 4.69) is 0 Å². The molecule has 162 valence electrons. The highest BCUT2D eigenvalue weighted by atomic mass is 32.2. The summed E-state index contributed by atoms with van der Waals surface area (Å²) >= 11 is 0. The van der Waals surface area contributed by atoms with Gasteiger partial charge in [0.15, 0.2) is 4.90 Å². The number of aliphatic hydroxyl groups excluding tert-OH is 1. The molecule has 0 aliphatic rings. The van der Waals surface area contributed by atoms with E-state index < -0.39 is 87.8 Å². The third kappa shape index (κ3) is 4.08. The molecule has 0 saturated carbocycles. The Labute approximate surface area is 164 Å². The summed E-state index contributed by atoms with van der Waals surface area (Å²) in [5, 5.41) is 18.0. The van der Waals surface area contributed by atoms with Crippen LogP contribution in [0.4, 0.5) is 0 Å². The van der Waals surface area contributed by atoms with E-state index in [1.54, 1.807) is 0 Å². The van der Waals surface area contributed by atoms with Crippen LogP contribution in [0.1, 0.15) is 5.56 Å². The van der Waals surface area contributed by atoms with Crippen molar-refractivity contribution in [2.75, 3.05) is 5.94 Å². The third-order valence-corrected chi connectivity index (χ3v) is 8.20. The molecule has 0 radical (unpaired) electrons. The highest BCUT2D eigenvalue weighted by Gasteiger charge is 2.34. The number of benzene rings is 2. The number of phenolic OH excluding ortho intramolecular Hbond substituents is 1. The van der Waals surface area contributed by atoms with Gasteiger partial charge in [-0.05, 0) is 30.0 Å². The molecule has 0 aromatic heterocycles. The standard InChI is InChI=1S/C12H12O13S4/c1-5-9-6(2-7(27(17,18)19)11(5)26(15,16)4-13)3-8(28(20,21)22)12(10(9)14)29(23,24)25/h2-3,13-14H,4H2,1H3,(H,17,18,19)(H,20,21,22)(H,23,24,25). The first kappa shape index (κ1) is 23.4. The minimum Gasteiger partial charge on any atom is -0.506 e. The van der Waals surface area contributed by atoms with E-state index in [0.29, 0.717) is 12.1 Å². The molecule has 17 heteroatoms. The van der Waals surface area contributed by atoms with Gasteiger partial charge < -0.3 is 10.2 Å². The molecule has 0 atom stereocenters. The lowest BCUT2D eigenvalue weighted by Gasteiger charge is -2.17. The van der Waals surface area contributed by atoms with Gasteiger partial charge in [0.05, 0.1) is 4.90 Å². The first-order chi connectivity index (χ1) is 12.8. The number of sulfone groups is 1. The van der Waals surface area contributed by atoms with Gasteiger partial charge in [-0.3, -0.25) is 13.7 Å². The van der Waals surface area contributed by atoms with Crippen LogP contribution in [0, 0.1) is 6.92 Å². The maximum Gasteiger partial charge on any atom is 0.299 e. The fourth-order valence-corrected chi connectivity index (χ4v) is 7.06. The second kappa shape index (κ2) is 6.84. The molecular weight excluding hydrogens is 480 g/mol. The molecule has 0 heterocycles. The van der Waals surface area contributed by atoms with E-state index in [1.807, 2.05) is 0 Å². The molecule has 2 aromatic rings. The maximum atomic E-state index is 12.1. The molecule has 0 saturated heterocycles. The van der Waals surface area contributed by atoms with Gasteiger partial charge in [-0.15, -0.1) is 0 Å². The van der Waals surface area contributed by atoms with Crippen LogP contribution < -0.4 is 0 Å². The van der Waals surface area contributed by atoms with Crippen molar-refractivity contribution in [1.29, 1.82) is 0 Å². The smallest absolute Gasteiger partial charge is 0.299 e. The number of phenols is 1. The molecule has 5 N–H and O–H groups in total. The zero-order chi connectivity index (χ0) is 22.7. The van der Waals surface area contributed by atoms with Crippen LogP contribution in [0.5, 0.6) is 5.75 Å². The van der Waals surface area contributed by atoms with Crippen molar-refractivity contribution in [1.82, 2.24) is 0 Å². The molecule has 13 nitrogen and oxygen atoms in total. The van der Waals surface area contributed by atoms with Crippen LogP contribution >= 0.6 is 0 Å². The molecule has 0 amide bonds. The zero-order valence-electron chi connectivity index (χ0n) is 14.0. The topological polar surface area (TPSA) is 238 Å². The fraction of sp³-hybridized carbons (Fsp3) is 0.167. The summed E-state index contributed by atoms with van der Waals surface area (Å²) in [7, 11) is -21.0. The van der Waals surface area contributed by atoms with Crippen LogP contribution in [0.25, 0.3) is 10.8 Å². The molecule has 0 unspecified atom stereocenters. The summed E-state index contributed by atoms with van der Waals surface area (Å²) in [6, 6.07) is 0.715. The highest BCUT2D eigenvalue weighted by molar-refractivity contribution is 7.92. The van der Waals surface area contributed by atoms with Gasteiger partial charge in [0.1, 0.15) is 21.5 Å². The van der Waals surface area contributed by atoms with Crippen LogP contribution in [-0.4, -0.2) is 63.5 Å². The second-order valence-corrected chi connectivity index (χ2v) is 11.7. The Balaban J connectivity index is 3.38. The molecule has 29 heavy (non-hydrogen) atoms. The Morgan fingerprint density at radius 1 is 0.759 bits per heavy atom. The molecule has 0 bridgehead atoms. The molecule has 2 rings (SSSR count). The second-order valence-electron chi connectivity index (χ2n) is 5.65. The number of aryl methyl sites for hydroxylation is 1. The van der Waals surface area contributed by atoms with E-state index in [1.165, 1.54) is 0 Å². The van der Waals surface area contributed by atoms with E-state index in [0.717, 1.165) is 6.92 Å². The van der Waals surface area contributed by atoms with E-state index in [9.17, 15) is 52.4 Å². The first-order valence-electron chi connectivity index (χ1n) is 6.93. The van der Waals surface area contributed by atoms with Gasteiger partial charge in [0.2, 0.25) is 9.84 Å². The Kier molecular flexibility index (Phi) is 5.53. The number of aliphatic hydroxyl groups is 1. The normalized spacial score (nSPS) is 13.7. The third-order valence-electron chi connectivity index (χ3n) is 3.77. The average molecular weight is 492 g/mol. The highest BCUT2D eigenvalue weighted by Crippen LogP contribution is 2.42. The summed E-state index contributed by atoms with van der Waals surface area (Å²) in [4.78, 5) is -5.74. The molecular formula is C12H12O13S4. The summed E-state index contributed by atoms with van der Waals surface area (Å²) in [6.07, 6.45) is 0. The lowest BCUT2D eigenvalue weighted by atomic mass is 10.0. The Hall–Kier alpha value is -1.86. The van der Waals surface area contributed by atoms with E-state index in [4.69, 9.17) is 5.11 Å². The van der Waals surface area contributed by atoms with Crippen molar-refractivity contribution in [3.05, 3.63) is 17.7 Å². The lowest BCUT2D eigenvalue weighted by Crippen LogP contribution is -2.15. The number of hydrogen-bond donors (Lipinski definition) is 5. The Bertz CT molecular complexity index is 1460. The van der Waals surface area contributed by atoms with Crippen LogP contribution in [-0.2, 0) is 40.2 Å². The molecule has 0 fully saturated rings. The Morgan fingerprint density at radius 2 is 1.17 bits per heavy atom. The summed E-state index contributed by atoms with van der Waals surface area (Å²) < 4.78 is 122. The van der Waals surface area contributed by atoms with Crippen LogP contribution in [0.15, 0.2) is 31.7 Å². The van der Waals surface area contributed by atoms with Gasteiger partial charge in [-0.2, -0.15) is 25.3 Å². The van der Waals surface area contributed by atoms with Crippen molar-refractivity contribution in [3.8, 4) is 5.75 Å². The molecule has 0 spiro atoms. The lowest BCUT2D eigenvalue weighted by molar-refractivity contribution is 0.358. The summed E-state index contributed by atoms with van der Waals surface area (Å²) in [5.74, 6) is -3.16. The minimum absolute atomic E-state index is 0.338. The van der Waals surface area contributed by atoms with Crippen molar-refractivity contribution in [3.63, 3.8) is 0 Å². The Morgan fingerprint density at radius 3 is 1.52 bits per heavy atom. The minimum atomic E-state index is -5.50. The van der Waals surface area contributed by atoms with E-state index >= 15 is 0 Å².